The first-order valence-electron chi connectivity index (χ1n) is 8.65. The Morgan fingerprint density at radius 3 is 2.73 bits per heavy atom. The fourth-order valence-electron chi connectivity index (χ4n) is 2.34. The topological polar surface area (TPSA) is 63.5 Å². The van der Waals surface area contributed by atoms with E-state index in [4.69, 9.17) is 9.15 Å². The summed E-state index contributed by atoms with van der Waals surface area (Å²) in [5, 5.41) is 7.59. The Morgan fingerprint density at radius 1 is 1.15 bits per heavy atom. The first-order valence-corrected chi connectivity index (χ1v) is 9.53. The average Bonchev–Trinajstić information content (AvgIpc) is 3.33. The summed E-state index contributed by atoms with van der Waals surface area (Å²) >= 11 is 1.62. The molecule has 3 aromatic rings. The summed E-state index contributed by atoms with van der Waals surface area (Å²) in [4.78, 5) is 13.1. The summed E-state index contributed by atoms with van der Waals surface area (Å²) in [6.45, 7) is 3.16. The maximum Gasteiger partial charge on any atom is 0.319 e. The minimum absolute atomic E-state index is 0.279. The molecule has 0 fully saturated rings. The average molecular weight is 370 g/mol. The lowest BCUT2D eigenvalue weighted by Crippen LogP contribution is -2.27. The van der Waals surface area contributed by atoms with Crippen molar-refractivity contribution in [3.63, 3.8) is 0 Å². The number of hydrogen-bond donors (Lipinski definition) is 2. The number of carbonyl (C=O) groups excluding carboxylic acids is 1. The lowest BCUT2D eigenvalue weighted by atomic mass is 10.3. The van der Waals surface area contributed by atoms with Crippen molar-refractivity contribution in [2.24, 2.45) is 0 Å². The van der Waals surface area contributed by atoms with E-state index < -0.39 is 0 Å². The summed E-state index contributed by atoms with van der Waals surface area (Å²) in [6.07, 6.45) is 2.13. The Bertz CT molecular complexity index is 810. The number of rotatable bonds is 8. The quantitative estimate of drug-likeness (QED) is 0.514. The highest BCUT2D eigenvalue weighted by Crippen LogP contribution is 2.26. The van der Waals surface area contributed by atoms with E-state index in [0.29, 0.717) is 24.6 Å². The van der Waals surface area contributed by atoms with Crippen molar-refractivity contribution in [1.82, 2.24) is 5.32 Å². The third-order valence-corrected chi connectivity index (χ3v) is 4.61. The summed E-state index contributed by atoms with van der Waals surface area (Å²) in [5.41, 5.74) is 0.712. The van der Waals surface area contributed by atoms with Gasteiger partial charge in [-0.15, -0.1) is 11.3 Å². The molecule has 0 aliphatic carbocycles. The van der Waals surface area contributed by atoms with Gasteiger partial charge < -0.3 is 19.8 Å². The number of unbranched alkanes of at least 4 members (excludes halogenated alkanes) is 1. The van der Waals surface area contributed by atoms with Gasteiger partial charge in [0, 0.05) is 5.69 Å². The lowest BCUT2D eigenvalue weighted by Gasteiger charge is -2.08. The van der Waals surface area contributed by atoms with E-state index in [1.807, 2.05) is 53.9 Å². The third-order valence-electron chi connectivity index (χ3n) is 3.73. The number of nitrogens with one attached hydrogen (secondary N) is 2. The second kappa shape index (κ2) is 9.10. The van der Waals surface area contributed by atoms with Crippen LogP contribution in [0.1, 0.15) is 25.5 Å². The Labute approximate surface area is 157 Å². The van der Waals surface area contributed by atoms with Crippen molar-refractivity contribution in [3.05, 3.63) is 59.7 Å². The highest BCUT2D eigenvalue weighted by molar-refractivity contribution is 7.13. The van der Waals surface area contributed by atoms with Crippen molar-refractivity contribution in [1.29, 1.82) is 0 Å². The van der Waals surface area contributed by atoms with Gasteiger partial charge in [-0.2, -0.15) is 0 Å². The molecule has 26 heavy (non-hydrogen) atoms. The molecule has 0 aliphatic heterocycles. The summed E-state index contributed by atoms with van der Waals surface area (Å²) in [7, 11) is 0. The molecule has 5 nitrogen and oxygen atoms in total. The molecule has 3 rings (SSSR count). The largest absolute Gasteiger partial charge is 0.494 e. The summed E-state index contributed by atoms with van der Waals surface area (Å²) < 4.78 is 11.3. The maximum absolute atomic E-state index is 12.0. The smallest absolute Gasteiger partial charge is 0.319 e. The molecule has 2 heterocycles. The SMILES string of the molecule is CCCCOc1ccc(NC(=O)NCc2ccc(-c3cccs3)o2)cc1. The first-order chi connectivity index (χ1) is 12.7. The van der Waals surface area contributed by atoms with E-state index in [1.54, 1.807) is 11.3 Å². The predicted octanol–water partition coefficient (Wildman–Crippen LogP) is 5.51. The fourth-order valence-corrected chi connectivity index (χ4v) is 3.02. The summed E-state index contributed by atoms with van der Waals surface area (Å²) in [5.74, 6) is 2.33. The molecule has 0 bridgehead atoms. The second-order valence-electron chi connectivity index (χ2n) is 5.78. The number of thiophene rings is 1. The molecule has 6 heteroatoms. The van der Waals surface area contributed by atoms with Gasteiger partial charge in [0.2, 0.25) is 0 Å². The van der Waals surface area contributed by atoms with Crippen LogP contribution in [0.25, 0.3) is 10.6 Å². The molecule has 0 atom stereocenters. The van der Waals surface area contributed by atoms with Crippen molar-refractivity contribution < 1.29 is 13.9 Å². The zero-order valence-corrected chi connectivity index (χ0v) is 15.5. The summed E-state index contributed by atoms with van der Waals surface area (Å²) in [6, 6.07) is 14.8. The third kappa shape index (κ3) is 5.13. The Balaban J connectivity index is 1.45. The highest BCUT2D eigenvalue weighted by atomic mass is 32.1. The first kappa shape index (κ1) is 18.1. The molecule has 0 saturated carbocycles. The molecule has 1 aromatic carbocycles. The van der Waals surface area contributed by atoms with E-state index in [0.717, 1.165) is 29.2 Å². The van der Waals surface area contributed by atoms with Crippen molar-refractivity contribution in [2.75, 3.05) is 11.9 Å². The van der Waals surface area contributed by atoms with Crippen molar-refractivity contribution in [2.45, 2.75) is 26.3 Å². The van der Waals surface area contributed by atoms with E-state index in [1.165, 1.54) is 0 Å². The Hall–Kier alpha value is -2.73. The van der Waals surface area contributed by atoms with Crippen LogP contribution in [0.2, 0.25) is 0 Å². The number of urea groups is 1. The molecular weight excluding hydrogens is 348 g/mol. The van der Waals surface area contributed by atoms with Crippen LogP contribution in [0, 0.1) is 0 Å². The van der Waals surface area contributed by atoms with Crippen LogP contribution in [0.4, 0.5) is 10.5 Å². The van der Waals surface area contributed by atoms with Crippen molar-refractivity contribution in [3.8, 4) is 16.4 Å². The second-order valence-corrected chi connectivity index (χ2v) is 6.73. The van der Waals surface area contributed by atoms with E-state index in [2.05, 4.69) is 17.6 Å². The number of ether oxygens (including phenoxy) is 1. The van der Waals surface area contributed by atoms with Crippen LogP contribution in [-0.2, 0) is 6.54 Å². The zero-order valence-electron chi connectivity index (χ0n) is 14.7. The molecule has 136 valence electrons. The highest BCUT2D eigenvalue weighted by Gasteiger charge is 2.07. The molecule has 0 aliphatic rings. The number of carbonyl (C=O) groups is 1. The molecular formula is C20H22N2O3S. The Kier molecular flexibility index (Phi) is 6.33. The van der Waals surface area contributed by atoms with Gasteiger partial charge in [0.25, 0.3) is 0 Å². The van der Waals surface area contributed by atoms with Gasteiger partial charge in [-0.25, -0.2) is 4.79 Å². The van der Waals surface area contributed by atoms with E-state index in [9.17, 15) is 4.79 Å². The molecule has 0 radical (unpaired) electrons. The van der Waals surface area contributed by atoms with Gasteiger partial charge in [0.15, 0.2) is 0 Å². The zero-order chi connectivity index (χ0) is 18.2. The van der Waals surface area contributed by atoms with Crippen LogP contribution in [-0.4, -0.2) is 12.6 Å². The standard InChI is InChI=1S/C20H22N2O3S/c1-2-3-12-24-16-8-6-15(7-9-16)22-20(23)21-14-17-10-11-18(25-17)19-5-4-13-26-19/h4-11,13H,2-3,12,14H2,1H3,(H2,21,22,23). The van der Waals surface area contributed by atoms with Crippen molar-refractivity contribution >= 4 is 23.1 Å². The molecule has 0 spiro atoms. The van der Waals surface area contributed by atoms with Gasteiger partial charge in [-0.1, -0.05) is 19.4 Å². The van der Waals surface area contributed by atoms with Crippen LogP contribution in [0.5, 0.6) is 5.75 Å². The van der Waals surface area contributed by atoms with Gasteiger partial charge >= 0.3 is 6.03 Å². The molecule has 2 amide bonds. The number of amides is 2. The number of anilines is 1. The molecule has 2 N–H and O–H groups in total. The number of furan rings is 1. The van der Waals surface area contributed by atoms with E-state index in [-0.39, 0.29) is 6.03 Å². The monoisotopic (exact) mass is 370 g/mol. The van der Waals surface area contributed by atoms with Gasteiger partial charge in [-0.05, 0) is 54.3 Å². The van der Waals surface area contributed by atoms with Gasteiger partial charge in [-0.3, -0.25) is 0 Å². The minimum atomic E-state index is -0.279. The predicted molar refractivity (Wildman–Crippen MR) is 105 cm³/mol. The van der Waals surface area contributed by atoms with E-state index >= 15 is 0 Å². The molecule has 0 saturated heterocycles. The lowest BCUT2D eigenvalue weighted by molar-refractivity contribution is 0.251. The Morgan fingerprint density at radius 2 is 2.00 bits per heavy atom. The normalized spacial score (nSPS) is 10.5. The van der Waals surface area contributed by atoms with Gasteiger partial charge in [0.1, 0.15) is 17.3 Å². The van der Waals surface area contributed by atoms with Crippen LogP contribution in [0.3, 0.4) is 0 Å². The van der Waals surface area contributed by atoms with Crippen LogP contribution in [0.15, 0.2) is 58.3 Å². The maximum atomic E-state index is 12.0. The molecule has 0 unspecified atom stereocenters. The van der Waals surface area contributed by atoms with Crippen LogP contribution >= 0.6 is 11.3 Å². The number of hydrogen-bond acceptors (Lipinski definition) is 4. The molecule has 2 aromatic heterocycles. The minimum Gasteiger partial charge on any atom is -0.494 e. The fraction of sp³-hybridized carbons (Fsp3) is 0.250. The van der Waals surface area contributed by atoms with Gasteiger partial charge in [0.05, 0.1) is 18.0 Å². The van der Waals surface area contributed by atoms with Crippen LogP contribution < -0.4 is 15.4 Å². The number of benzene rings is 1.